The molecule has 2 aromatic carbocycles. The second kappa shape index (κ2) is 8.74. The third kappa shape index (κ3) is 3.72. The predicted octanol–water partition coefficient (Wildman–Crippen LogP) is 2.32. The summed E-state index contributed by atoms with van der Waals surface area (Å²) in [4.78, 5) is 57.4. The van der Waals surface area contributed by atoms with E-state index in [1.54, 1.807) is 55.6 Å². The monoisotopic (exact) mass is 460 g/mol. The van der Waals surface area contributed by atoms with Crippen LogP contribution in [0.25, 0.3) is 22.3 Å². The molecule has 1 aromatic heterocycles. The zero-order valence-electron chi connectivity index (χ0n) is 18.7. The first kappa shape index (κ1) is 21.8. The van der Waals surface area contributed by atoms with Crippen LogP contribution in [0.15, 0.2) is 53.3 Å². The number of carbonyl (C=O) groups excluding carboxylic acids is 3. The van der Waals surface area contributed by atoms with Gasteiger partial charge in [0.15, 0.2) is 5.82 Å². The number of fused-ring (bicyclic) bond motifs is 2. The second-order valence-electron chi connectivity index (χ2n) is 8.62. The topological polar surface area (TPSA) is 111 Å². The maximum atomic E-state index is 13.3. The molecule has 2 heterocycles. The number of imide groups is 1. The van der Waals surface area contributed by atoms with Crippen LogP contribution in [0.1, 0.15) is 25.7 Å². The number of aromatic nitrogens is 2. The molecule has 174 valence electrons. The number of para-hydroxylation sites is 1. The molecule has 0 bridgehead atoms. The lowest BCUT2D eigenvalue weighted by atomic mass is 9.81. The highest BCUT2D eigenvalue weighted by atomic mass is 16.5. The molecule has 2 aliphatic rings. The fraction of sp³-hybridized carbons (Fsp3) is 0.320. The molecule has 2 fully saturated rings. The Morgan fingerprint density at radius 3 is 2.29 bits per heavy atom. The Kier molecular flexibility index (Phi) is 5.61. The maximum absolute atomic E-state index is 13.3. The van der Waals surface area contributed by atoms with Gasteiger partial charge in [0.25, 0.3) is 11.5 Å². The van der Waals surface area contributed by atoms with E-state index in [9.17, 15) is 19.2 Å². The number of nitrogens with one attached hydrogen (secondary N) is 1. The van der Waals surface area contributed by atoms with Crippen LogP contribution in [-0.4, -0.2) is 45.9 Å². The summed E-state index contributed by atoms with van der Waals surface area (Å²) in [5, 5.41) is 0.333. The molecule has 1 N–H and O–H groups in total. The van der Waals surface area contributed by atoms with Crippen molar-refractivity contribution in [1.29, 1.82) is 0 Å². The summed E-state index contributed by atoms with van der Waals surface area (Å²) < 4.78 is 6.27. The highest BCUT2D eigenvalue weighted by molar-refractivity contribution is 6.08. The first-order chi connectivity index (χ1) is 16.5. The van der Waals surface area contributed by atoms with Crippen molar-refractivity contribution < 1.29 is 19.1 Å². The molecular weight excluding hydrogens is 436 g/mol. The van der Waals surface area contributed by atoms with Crippen molar-refractivity contribution in [3.8, 4) is 17.1 Å². The van der Waals surface area contributed by atoms with Crippen LogP contribution in [-0.2, 0) is 14.4 Å². The second-order valence-corrected chi connectivity index (χ2v) is 8.62. The number of hydrogen-bond acceptors (Lipinski definition) is 6. The average molecular weight is 460 g/mol. The van der Waals surface area contributed by atoms with Crippen LogP contribution in [0.2, 0.25) is 0 Å². The number of ether oxygens (including phenoxy) is 1. The Hall–Kier alpha value is -4.01. The van der Waals surface area contributed by atoms with Crippen LogP contribution in [0.4, 0.5) is 0 Å². The number of amides is 3. The van der Waals surface area contributed by atoms with E-state index in [0.717, 1.165) is 22.4 Å². The fourth-order valence-corrected chi connectivity index (χ4v) is 4.86. The van der Waals surface area contributed by atoms with Gasteiger partial charge in [-0.25, -0.2) is 4.98 Å². The first-order valence-corrected chi connectivity index (χ1v) is 11.3. The zero-order valence-corrected chi connectivity index (χ0v) is 18.7. The number of benzene rings is 2. The van der Waals surface area contributed by atoms with Crippen molar-refractivity contribution in [1.82, 2.24) is 14.6 Å². The number of nitrogens with zero attached hydrogens (tertiary/aromatic N) is 3. The largest absolute Gasteiger partial charge is 0.497 e. The minimum atomic E-state index is -0.644. The Morgan fingerprint density at radius 2 is 1.65 bits per heavy atom. The molecule has 0 radical (unpaired) electrons. The molecule has 2 unspecified atom stereocenters. The molecule has 3 aromatic rings. The molecule has 1 aliphatic carbocycles. The van der Waals surface area contributed by atoms with Gasteiger partial charge in [-0.2, -0.15) is 4.68 Å². The number of methoxy groups -OCH3 is 1. The Bertz CT molecular complexity index is 1320. The van der Waals surface area contributed by atoms with Crippen LogP contribution >= 0.6 is 0 Å². The molecule has 9 nitrogen and oxygen atoms in total. The molecule has 2 atom stereocenters. The number of likely N-dealkylation sites (tertiary alicyclic amines) is 1. The molecule has 1 saturated carbocycles. The third-order valence-corrected chi connectivity index (χ3v) is 6.59. The molecule has 1 aliphatic heterocycles. The van der Waals surface area contributed by atoms with Crippen LogP contribution in [0, 0.1) is 11.8 Å². The van der Waals surface area contributed by atoms with E-state index in [1.165, 1.54) is 0 Å². The standard InChI is InChI=1S/C25H24N4O5/c1-34-16-12-10-15(11-13-16)22-26-20-9-5-4-8-19(20)25(33)29(22)27-21(30)14-28-23(31)17-6-2-3-7-18(17)24(28)32/h4-5,8-13,17-18H,2-3,6-7,14H2,1H3,(H,27,30). The predicted molar refractivity (Wildman–Crippen MR) is 125 cm³/mol. The van der Waals surface area contributed by atoms with Gasteiger partial charge in [-0.3, -0.25) is 29.5 Å². The molecule has 34 heavy (non-hydrogen) atoms. The highest BCUT2D eigenvalue weighted by Crippen LogP contribution is 2.37. The van der Waals surface area contributed by atoms with Gasteiger partial charge in [-0.1, -0.05) is 25.0 Å². The van der Waals surface area contributed by atoms with E-state index >= 15 is 0 Å². The average Bonchev–Trinajstić information content (AvgIpc) is 3.10. The molecular formula is C25H24N4O5. The van der Waals surface area contributed by atoms with E-state index in [-0.39, 0.29) is 29.5 Å². The van der Waals surface area contributed by atoms with Crippen LogP contribution < -0.4 is 15.7 Å². The van der Waals surface area contributed by atoms with Crippen LogP contribution in [0.3, 0.4) is 0 Å². The summed E-state index contributed by atoms with van der Waals surface area (Å²) in [6.07, 6.45) is 3.15. The lowest BCUT2D eigenvalue weighted by Crippen LogP contribution is -2.43. The molecule has 5 rings (SSSR count). The summed E-state index contributed by atoms with van der Waals surface area (Å²) in [7, 11) is 1.55. The van der Waals surface area contributed by atoms with E-state index in [0.29, 0.717) is 35.1 Å². The molecule has 3 amide bonds. The molecule has 1 saturated heterocycles. The minimum absolute atomic E-state index is 0.229. The number of carbonyl (C=O) groups is 3. The number of rotatable bonds is 5. The Balaban J connectivity index is 1.48. The van der Waals surface area contributed by atoms with Crippen molar-refractivity contribution in [3.63, 3.8) is 0 Å². The van der Waals surface area contributed by atoms with Crippen LogP contribution in [0.5, 0.6) is 5.75 Å². The van der Waals surface area contributed by atoms with Crippen molar-refractivity contribution >= 4 is 28.6 Å². The third-order valence-electron chi connectivity index (χ3n) is 6.59. The molecule has 9 heteroatoms. The summed E-state index contributed by atoms with van der Waals surface area (Å²) in [5.74, 6) is -1.06. The Labute approximate surface area is 195 Å². The number of hydrogen-bond donors (Lipinski definition) is 1. The van der Waals surface area contributed by atoms with Gasteiger partial charge in [-0.15, -0.1) is 0 Å². The highest BCUT2D eigenvalue weighted by Gasteiger charge is 2.48. The van der Waals surface area contributed by atoms with Gasteiger partial charge in [0, 0.05) is 5.56 Å². The lowest BCUT2D eigenvalue weighted by molar-refractivity contribution is -0.142. The van der Waals surface area contributed by atoms with Gasteiger partial charge in [0.2, 0.25) is 11.8 Å². The van der Waals surface area contributed by atoms with Crippen molar-refractivity contribution in [2.45, 2.75) is 25.7 Å². The van der Waals surface area contributed by atoms with Gasteiger partial charge in [-0.05, 0) is 49.2 Å². The van der Waals surface area contributed by atoms with Gasteiger partial charge >= 0.3 is 0 Å². The van der Waals surface area contributed by atoms with Crippen molar-refractivity contribution in [2.24, 2.45) is 11.8 Å². The maximum Gasteiger partial charge on any atom is 0.280 e. The van der Waals surface area contributed by atoms with Gasteiger partial charge < -0.3 is 4.74 Å². The quantitative estimate of drug-likeness (QED) is 0.585. The summed E-state index contributed by atoms with van der Waals surface area (Å²) in [5.41, 5.74) is 3.18. The van der Waals surface area contributed by atoms with E-state index < -0.39 is 18.0 Å². The van der Waals surface area contributed by atoms with Crippen molar-refractivity contribution in [3.05, 3.63) is 58.9 Å². The first-order valence-electron chi connectivity index (χ1n) is 11.3. The van der Waals surface area contributed by atoms with Crippen molar-refractivity contribution in [2.75, 3.05) is 19.1 Å². The van der Waals surface area contributed by atoms with Gasteiger partial charge in [0.05, 0.1) is 29.8 Å². The minimum Gasteiger partial charge on any atom is -0.497 e. The fourth-order valence-electron chi connectivity index (χ4n) is 4.86. The van der Waals surface area contributed by atoms with Gasteiger partial charge in [0.1, 0.15) is 12.3 Å². The molecule has 0 spiro atoms. The SMILES string of the molecule is COc1ccc(-c2nc3ccccc3c(=O)n2NC(=O)CN2C(=O)C3CCCCC3C2=O)cc1. The summed E-state index contributed by atoms with van der Waals surface area (Å²) in [6, 6.07) is 13.8. The smallest absolute Gasteiger partial charge is 0.280 e. The normalized spacial score (nSPS) is 19.9. The summed E-state index contributed by atoms with van der Waals surface area (Å²) in [6.45, 7) is -0.439. The van der Waals surface area contributed by atoms with E-state index in [1.807, 2.05) is 0 Å². The zero-order chi connectivity index (χ0) is 23.8. The lowest BCUT2D eigenvalue weighted by Gasteiger charge is -2.19. The summed E-state index contributed by atoms with van der Waals surface area (Å²) >= 11 is 0. The Morgan fingerprint density at radius 1 is 1.00 bits per heavy atom. The van der Waals surface area contributed by atoms with E-state index in [4.69, 9.17) is 4.74 Å². The van der Waals surface area contributed by atoms with E-state index in [2.05, 4.69) is 10.4 Å².